The number of nitrogens with zero attached hydrogens (tertiary/aromatic N) is 4. The predicted octanol–water partition coefficient (Wildman–Crippen LogP) is 3.96. The second-order valence-electron chi connectivity index (χ2n) is 7.38. The summed E-state index contributed by atoms with van der Waals surface area (Å²) >= 11 is 3.15. The number of ether oxygens (including phenoxy) is 2. The van der Waals surface area contributed by atoms with Crippen molar-refractivity contribution in [3.63, 3.8) is 0 Å². The molecule has 30 heavy (non-hydrogen) atoms. The minimum Gasteiger partial charge on any atom is -0.486 e. The van der Waals surface area contributed by atoms with Gasteiger partial charge in [-0.05, 0) is 49.4 Å². The lowest BCUT2D eigenvalue weighted by Gasteiger charge is -2.18. The summed E-state index contributed by atoms with van der Waals surface area (Å²) in [4.78, 5) is 19.9. The van der Waals surface area contributed by atoms with Crippen molar-refractivity contribution in [1.29, 1.82) is 0 Å². The Balaban J connectivity index is 1.27. The lowest BCUT2D eigenvalue weighted by molar-refractivity contribution is 0.102. The molecule has 0 spiro atoms. The molecular weight excluding hydrogens is 420 g/mol. The topological polar surface area (TPSA) is 78.6 Å². The quantitative estimate of drug-likeness (QED) is 0.352. The normalized spacial score (nSPS) is 15.5. The van der Waals surface area contributed by atoms with Gasteiger partial charge in [0.1, 0.15) is 24.4 Å². The van der Waals surface area contributed by atoms with E-state index in [1.807, 2.05) is 4.40 Å². The fourth-order valence-electron chi connectivity index (χ4n) is 4.06. The number of carbonyl (C=O) groups is 1. The Bertz CT molecular complexity index is 1300. The van der Waals surface area contributed by atoms with Crippen molar-refractivity contribution in [2.24, 2.45) is 0 Å². The second-order valence-corrected chi connectivity index (χ2v) is 9.41. The molecule has 1 aliphatic heterocycles. The van der Waals surface area contributed by atoms with Crippen LogP contribution in [0.4, 0.5) is 0 Å². The summed E-state index contributed by atoms with van der Waals surface area (Å²) < 4.78 is 13.0. The maximum Gasteiger partial charge on any atom is 0.197 e. The Morgan fingerprint density at radius 2 is 2.00 bits per heavy atom. The molecule has 2 aliphatic rings. The first-order valence-corrected chi connectivity index (χ1v) is 11.8. The summed E-state index contributed by atoms with van der Waals surface area (Å²) in [6, 6.07) is 5.32. The van der Waals surface area contributed by atoms with Crippen LogP contribution in [0.25, 0.3) is 15.9 Å². The van der Waals surface area contributed by atoms with E-state index in [4.69, 9.17) is 9.47 Å². The maximum absolute atomic E-state index is 12.7. The molecule has 0 atom stereocenters. The van der Waals surface area contributed by atoms with Crippen LogP contribution < -0.4 is 9.47 Å². The van der Waals surface area contributed by atoms with Gasteiger partial charge in [-0.15, -0.1) is 21.5 Å². The van der Waals surface area contributed by atoms with E-state index in [-0.39, 0.29) is 11.5 Å². The molecular formula is C21H18N4O3S2. The van der Waals surface area contributed by atoms with Gasteiger partial charge in [0.15, 0.2) is 28.1 Å². The van der Waals surface area contributed by atoms with Gasteiger partial charge in [0, 0.05) is 10.4 Å². The van der Waals surface area contributed by atoms with Gasteiger partial charge in [-0.2, -0.15) is 0 Å². The second kappa shape index (κ2) is 7.24. The van der Waals surface area contributed by atoms with Gasteiger partial charge in [-0.1, -0.05) is 11.8 Å². The number of thioether (sulfide) groups is 1. The molecule has 4 heterocycles. The third-order valence-corrected chi connectivity index (χ3v) is 7.67. The molecule has 0 saturated carbocycles. The molecule has 1 aliphatic carbocycles. The molecule has 3 aromatic heterocycles. The molecule has 9 heteroatoms. The minimum absolute atomic E-state index is 0.00988. The standard InChI is InChI=1S/C21H18N4O3S2/c26-14(12-5-6-15-16(9-12)28-8-7-27-15)10-29-21-24-23-19-18-13-3-1-2-4-17(13)30-20(18)22-11-25(19)21/h5-6,9,11H,1-4,7-8,10H2. The number of Topliss-reactive ketones (excluding diaryl/α,β-unsaturated/α-hetero) is 1. The van der Waals surface area contributed by atoms with Crippen molar-refractivity contribution in [1.82, 2.24) is 19.6 Å². The minimum atomic E-state index is 0.00988. The number of benzene rings is 1. The summed E-state index contributed by atoms with van der Waals surface area (Å²) in [6.07, 6.45) is 6.43. The summed E-state index contributed by atoms with van der Waals surface area (Å²) in [5.74, 6) is 1.58. The molecule has 152 valence electrons. The maximum atomic E-state index is 12.7. The SMILES string of the molecule is O=C(CSc1nnc2c3c4c(sc3ncn12)CCCC4)c1ccc2c(c1)OCCO2. The Labute approximate surface area is 180 Å². The molecule has 0 bridgehead atoms. The highest BCUT2D eigenvalue weighted by atomic mass is 32.2. The third kappa shape index (κ3) is 2.95. The fourth-order valence-corrected chi connectivity index (χ4v) is 6.09. The van der Waals surface area contributed by atoms with E-state index in [0.29, 0.717) is 35.4 Å². The van der Waals surface area contributed by atoms with Gasteiger partial charge in [0.25, 0.3) is 0 Å². The first-order chi connectivity index (χ1) is 14.8. The summed E-state index contributed by atoms with van der Waals surface area (Å²) in [7, 11) is 0. The number of thiophene rings is 1. The van der Waals surface area contributed by atoms with Crippen LogP contribution in [0.3, 0.4) is 0 Å². The lowest BCUT2D eigenvalue weighted by atomic mass is 9.97. The van der Waals surface area contributed by atoms with Crippen molar-refractivity contribution < 1.29 is 14.3 Å². The van der Waals surface area contributed by atoms with Gasteiger partial charge in [0.05, 0.1) is 11.1 Å². The molecule has 0 fully saturated rings. The number of hydrogen-bond donors (Lipinski definition) is 0. The predicted molar refractivity (Wildman–Crippen MR) is 115 cm³/mol. The number of hydrogen-bond acceptors (Lipinski definition) is 8. The van der Waals surface area contributed by atoms with Gasteiger partial charge < -0.3 is 9.47 Å². The molecule has 0 amide bonds. The molecule has 0 radical (unpaired) electrons. The lowest BCUT2D eigenvalue weighted by Crippen LogP contribution is -2.16. The van der Waals surface area contributed by atoms with Crippen LogP contribution in [0.1, 0.15) is 33.6 Å². The van der Waals surface area contributed by atoms with Crippen molar-refractivity contribution in [2.45, 2.75) is 30.8 Å². The number of carbonyl (C=O) groups excluding carboxylic acids is 1. The van der Waals surface area contributed by atoms with Crippen LogP contribution in [0, 0.1) is 0 Å². The Kier molecular flexibility index (Phi) is 4.38. The van der Waals surface area contributed by atoms with Gasteiger partial charge in [-0.3, -0.25) is 9.20 Å². The number of ketones is 1. The number of rotatable bonds is 4. The van der Waals surface area contributed by atoms with Crippen LogP contribution in [0.2, 0.25) is 0 Å². The summed E-state index contributed by atoms with van der Waals surface area (Å²) in [5.41, 5.74) is 2.83. The largest absolute Gasteiger partial charge is 0.486 e. The Hall–Kier alpha value is -2.65. The highest BCUT2D eigenvalue weighted by Gasteiger charge is 2.22. The van der Waals surface area contributed by atoms with Gasteiger partial charge in [-0.25, -0.2) is 4.98 Å². The van der Waals surface area contributed by atoms with E-state index >= 15 is 0 Å². The van der Waals surface area contributed by atoms with Crippen LogP contribution in [0.15, 0.2) is 29.7 Å². The zero-order valence-corrected chi connectivity index (χ0v) is 17.7. The first-order valence-electron chi connectivity index (χ1n) is 9.97. The van der Waals surface area contributed by atoms with E-state index in [9.17, 15) is 4.79 Å². The zero-order valence-electron chi connectivity index (χ0n) is 16.1. The monoisotopic (exact) mass is 438 g/mol. The average molecular weight is 439 g/mol. The highest BCUT2D eigenvalue weighted by Crippen LogP contribution is 2.37. The molecule has 6 rings (SSSR count). The third-order valence-electron chi connectivity index (χ3n) is 5.53. The van der Waals surface area contributed by atoms with Gasteiger partial charge >= 0.3 is 0 Å². The number of aromatic nitrogens is 4. The van der Waals surface area contributed by atoms with Crippen molar-refractivity contribution >= 4 is 44.7 Å². The van der Waals surface area contributed by atoms with Crippen molar-refractivity contribution in [2.75, 3.05) is 19.0 Å². The molecule has 0 unspecified atom stereocenters. The number of aryl methyl sites for hydroxylation is 2. The Morgan fingerprint density at radius 3 is 2.93 bits per heavy atom. The zero-order chi connectivity index (χ0) is 20.1. The smallest absolute Gasteiger partial charge is 0.197 e. The first kappa shape index (κ1) is 18.1. The molecule has 7 nitrogen and oxygen atoms in total. The molecule has 0 saturated heterocycles. The molecule has 1 aromatic carbocycles. The van der Waals surface area contributed by atoms with E-state index in [1.54, 1.807) is 35.9 Å². The van der Waals surface area contributed by atoms with Crippen LogP contribution >= 0.6 is 23.1 Å². The fraction of sp³-hybridized carbons (Fsp3) is 0.333. The summed E-state index contributed by atoms with van der Waals surface area (Å²) in [5, 5.41) is 10.6. The molecule has 0 N–H and O–H groups in total. The van der Waals surface area contributed by atoms with Crippen molar-refractivity contribution in [3.05, 3.63) is 40.5 Å². The summed E-state index contributed by atoms with van der Waals surface area (Å²) in [6.45, 7) is 1.03. The van der Waals surface area contributed by atoms with E-state index in [2.05, 4.69) is 15.2 Å². The van der Waals surface area contributed by atoms with E-state index in [1.165, 1.54) is 35.0 Å². The van der Waals surface area contributed by atoms with Crippen LogP contribution in [-0.4, -0.2) is 44.3 Å². The van der Waals surface area contributed by atoms with Crippen LogP contribution in [-0.2, 0) is 12.8 Å². The van der Waals surface area contributed by atoms with E-state index in [0.717, 1.165) is 28.7 Å². The van der Waals surface area contributed by atoms with Gasteiger partial charge in [0.2, 0.25) is 0 Å². The van der Waals surface area contributed by atoms with Crippen LogP contribution in [0.5, 0.6) is 11.5 Å². The van der Waals surface area contributed by atoms with Crippen molar-refractivity contribution in [3.8, 4) is 11.5 Å². The Morgan fingerprint density at radius 1 is 1.13 bits per heavy atom. The highest BCUT2D eigenvalue weighted by molar-refractivity contribution is 7.99. The number of fused-ring (bicyclic) bond motifs is 6. The van der Waals surface area contributed by atoms with E-state index < -0.39 is 0 Å². The average Bonchev–Trinajstić information content (AvgIpc) is 3.37. The molecule has 4 aromatic rings.